The van der Waals surface area contributed by atoms with Crippen molar-refractivity contribution in [1.82, 2.24) is 4.90 Å². The average Bonchev–Trinajstić information content (AvgIpc) is 2.30. The molecule has 1 aliphatic rings. The molecule has 2 nitrogen and oxygen atoms in total. The lowest BCUT2D eigenvalue weighted by atomic mass is 10.1. The van der Waals surface area contributed by atoms with E-state index in [4.69, 9.17) is 0 Å². The molecule has 11 heavy (non-hydrogen) atoms. The number of likely N-dealkylation sites (tertiary alicyclic amines) is 1. The van der Waals surface area contributed by atoms with Crippen molar-refractivity contribution in [2.75, 3.05) is 6.54 Å². The first-order valence-corrected chi connectivity index (χ1v) is 4.45. The second-order valence-electron chi connectivity index (χ2n) is 3.47. The van der Waals surface area contributed by atoms with Gasteiger partial charge < -0.3 is 0 Å². The zero-order valence-electron chi connectivity index (χ0n) is 7.63. The topological polar surface area (TPSA) is 20.3 Å². The normalized spacial score (nSPS) is 26.9. The van der Waals surface area contributed by atoms with Crippen LogP contribution in [0.15, 0.2) is 0 Å². The highest BCUT2D eigenvalue weighted by molar-refractivity contribution is 5.86. The predicted octanol–water partition coefficient (Wildman–Crippen LogP) is 1.45. The summed E-state index contributed by atoms with van der Waals surface area (Å²) in [7, 11) is 0. The second-order valence-corrected chi connectivity index (χ2v) is 3.47. The highest BCUT2D eigenvalue weighted by Crippen LogP contribution is 2.18. The van der Waals surface area contributed by atoms with Gasteiger partial charge in [0.2, 0.25) is 0 Å². The Balaban J connectivity index is 2.61. The van der Waals surface area contributed by atoms with Crippen LogP contribution >= 0.6 is 0 Å². The minimum atomic E-state index is 0.218. The van der Waals surface area contributed by atoms with Gasteiger partial charge in [0.1, 0.15) is 0 Å². The van der Waals surface area contributed by atoms with E-state index in [1.807, 2.05) is 0 Å². The van der Waals surface area contributed by atoms with Crippen molar-refractivity contribution in [3.63, 3.8) is 0 Å². The number of ketones is 1. The van der Waals surface area contributed by atoms with Crippen molar-refractivity contribution in [3.8, 4) is 0 Å². The highest BCUT2D eigenvalue weighted by atomic mass is 16.1. The summed E-state index contributed by atoms with van der Waals surface area (Å²) in [5.41, 5.74) is 0. The van der Waals surface area contributed by atoms with Crippen molar-refractivity contribution in [1.29, 1.82) is 0 Å². The van der Waals surface area contributed by atoms with Gasteiger partial charge in [-0.2, -0.15) is 0 Å². The number of hydrogen-bond donors (Lipinski definition) is 0. The summed E-state index contributed by atoms with van der Waals surface area (Å²) >= 11 is 0. The molecule has 1 fully saturated rings. The van der Waals surface area contributed by atoms with Crippen molar-refractivity contribution in [3.05, 3.63) is 0 Å². The maximum absolute atomic E-state index is 11.3. The van der Waals surface area contributed by atoms with Gasteiger partial charge in [-0.15, -0.1) is 0 Å². The maximum Gasteiger partial charge on any atom is 0.151 e. The van der Waals surface area contributed by atoms with Crippen LogP contribution in [0, 0.1) is 0 Å². The molecule has 0 radical (unpaired) electrons. The molecule has 0 aromatic heterocycles. The van der Waals surface area contributed by atoms with E-state index in [0.29, 0.717) is 11.8 Å². The fourth-order valence-electron chi connectivity index (χ4n) is 1.83. The molecule has 1 heterocycles. The highest BCUT2D eigenvalue weighted by Gasteiger charge is 2.31. The van der Waals surface area contributed by atoms with Crippen LogP contribution in [0.25, 0.3) is 0 Å². The van der Waals surface area contributed by atoms with Crippen molar-refractivity contribution in [2.24, 2.45) is 0 Å². The Morgan fingerprint density at radius 2 is 2.27 bits per heavy atom. The molecule has 1 atom stereocenters. The molecule has 0 saturated carbocycles. The summed E-state index contributed by atoms with van der Waals surface area (Å²) in [6, 6.07) is 0.737. The smallest absolute Gasteiger partial charge is 0.151 e. The van der Waals surface area contributed by atoms with Crippen LogP contribution in [0.4, 0.5) is 0 Å². The molecule has 2 heteroatoms. The zero-order chi connectivity index (χ0) is 8.43. The van der Waals surface area contributed by atoms with Gasteiger partial charge >= 0.3 is 0 Å². The summed E-state index contributed by atoms with van der Waals surface area (Å²) in [6.07, 6.45) is 1.73. The first kappa shape index (κ1) is 8.72. The van der Waals surface area contributed by atoms with Gasteiger partial charge in [-0.1, -0.05) is 6.92 Å². The van der Waals surface area contributed by atoms with Gasteiger partial charge in [0, 0.05) is 19.0 Å². The molecule has 0 bridgehead atoms. The van der Waals surface area contributed by atoms with E-state index >= 15 is 0 Å². The van der Waals surface area contributed by atoms with Crippen LogP contribution in [0.1, 0.15) is 33.6 Å². The molecule has 1 saturated heterocycles. The van der Waals surface area contributed by atoms with Crippen LogP contribution in [-0.4, -0.2) is 29.3 Å². The van der Waals surface area contributed by atoms with Gasteiger partial charge in [-0.25, -0.2) is 0 Å². The SMILES string of the molecule is CCC1C(=O)CCN1C(C)C. The number of carbonyl (C=O) groups excluding carboxylic acids is 1. The molecular formula is C9H17NO. The zero-order valence-corrected chi connectivity index (χ0v) is 7.63. The quantitative estimate of drug-likeness (QED) is 0.601. The van der Waals surface area contributed by atoms with Crippen LogP contribution in [0.2, 0.25) is 0 Å². The van der Waals surface area contributed by atoms with E-state index in [2.05, 4.69) is 25.7 Å². The third-order valence-corrected chi connectivity index (χ3v) is 2.44. The monoisotopic (exact) mass is 155 g/mol. The van der Waals surface area contributed by atoms with Crippen molar-refractivity contribution >= 4 is 5.78 Å². The third-order valence-electron chi connectivity index (χ3n) is 2.44. The molecule has 1 rings (SSSR count). The van der Waals surface area contributed by atoms with E-state index in [1.165, 1.54) is 0 Å². The molecule has 0 aliphatic carbocycles. The molecular weight excluding hydrogens is 138 g/mol. The lowest BCUT2D eigenvalue weighted by molar-refractivity contribution is -0.120. The minimum Gasteiger partial charge on any atom is -0.298 e. The van der Waals surface area contributed by atoms with Crippen molar-refractivity contribution < 1.29 is 4.79 Å². The van der Waals surface area contributed by atoms with E-state index in [1.54, 1.807) is 0 Å². The molecule has 0 aromatic rings. The standard InChI is InChI=1S/C9H17NO/c1-4-8-9(11)5-6-10(8)7(2)3/h7-8H,4-6H2,1-3H3. The lowest BCUT2D eigenvalue weighted by Gasteiger charge is -2.25. The fourth-order valence-corrected chi connectivity index (χ4v) is 1.83. The summed E-state index contributed by atoms with van der Waals surface area (Å²) in [6.45, 7) is 7.36. The molecule has 0 spiro atoms. The Bertz CT molecular complexity index is 154. The van der Waals surface area contributed by atoms with Gasteiger partial charge in [0.25, 0.3) is 0 Å². The van der Waals surface area contributed by atoms with E-state index in [9.17, 15) is 4.79 Å². The molecule has 0 aromatic carbocycles. The van der Waals surface area contributed by atoms with Gasteiger partial charge in [-0.3, -0.25) is 9.69 Å². The minimum absolute atomic E-state index is 0.218. The van der Waals surface area contributed by atoms with E-state index < -0.39 is 0 Å². The first-order valence-electron chi connectivity index (χ1n) is 4.45. The van der Waals surface area contributed by atoms with E-state index in [-0.39, 0.29) is 6.04 Å². The molecule has 64 valence electrons. The van der Waals surface area contributed by atoms with Crippen LogP contribution in [0.5, 0.6) is 0 Å². The Labute approximate surface area is 68.6 Å². The van der Waals surface area contributed by atoms with Crippen LogP contribution in [-0.2, 0) is 4.79 Å². The first-order chi connectivity index (χ1) is 5.16. The van der Waals surface area contributed by atoms with Gasteiger partial charge in [0.15, 0.2) is 5.78 Å². The summed E-state index contributed by atoms with van der Waals surface area (Å²) < 4.78 is 0. The summed E-state index contributed by atoms with van der Waals surface area (Å²) in [4.78, 5) is 13.6. The molecule has 1 unspecified atom stereocenters. The molecule has 0 amide bonds. The largest absolute Gasteiger partial charge is 0.298 e. The van der Waals surface area contributed by atoms with Crippen LogP contribution in [0.3, 0.4) is 0 Å². The molecule has 0 N–H and O–H groups in total. The second kappa shape index (κ2) is 3.35. The lowest BCUT2D eigenvalue weighted by Crippen LogP contribution is -2.37. The summed E-state index contributed by atoms with van der Waals surface area (Å²) in [5, 5.41) is 0. The fraction of sp³-hybridized carbons (Fsp3) is 0.889. The Kier molecular flexibility index (Phi) is 2.66. The molecule has 1 aliphatic heterocycles. The average molecular weight is 155 g/mol. The number of hydrogen-bond acceptors (Lipinski definition) is 2. The Morgan fingerprint density at radius 3 is 2.64 bits per heavy atom. The predicted molar refractivity (Wildman–Crippen MR) is 45.5 cm³/mol. The van der Waals surface area contributed by atoms with E-state index in [0.717, 1.165) is 19.4 Å². The maximum atomic E-state index is 11.3. The van der Waals surface area contributed by atoms with Gasteiger partial charge in [-0.05, 0) is 20.3 Å². The van der Waals surface area contributed by atoms with Crippen molar-refractivity contribution in [2.45, 2.75) is 45.7 Å². The van der Waals surface area contributed by atoms with Crippen LogP contribution < -0.4 is 0 Å². The number of nitrogens with zero attached hydrogens (tertiary/aromatic N) is 1. The number of rotatable bonds is 2. The third kappa shape index (κ3) is 1.62. The number of carbonyl (C=O) groups is 1. The van der Waals surface area contributed by atoms with Gasteiger partial charge in [0.05, 0.1) is 6.04 Å². The summed E-state index contributed by atoms with van der Waals surface area (Å²) in [5.74, 6) is 0.432. The number of Topliss-reactive ketones (excluding diaryl/α,β-unsaturated/α-hetero) is 1. The Morgan fingerprint density at radius 1 is 1.64 bits per heavy atom. The Hall–Kier alpha value is -0.370.